The van der Waals surface area contributed by atoms with E-state index in [4.69, 9.17) is 11.6 Å². The van der Waals surface area contributed by atoms with Gasteiger partial charge in [-0.1, -0.05) is 29.8 Å². The fourth-order valence-electron chi connectivity index (χ4n) is 2.79. The highest BCUT2D eigenvalue weighted by Crippen LogP contribution is 2.38. The molecule has 2 rings (SSSR count). The maximum Gasteiger partial charge on any atom is 0.401 e. The van der Waals surface area contributed by atoms with Crippen molar-refractivity contribution in [1.29, 1.82) is 0 Å². The van der Waals surface area contributed by atoms with Gasteiger partial charge in [-0.3, -0.25) is 9.69 Å². The second kappa shape index (κ2) is 5.85. The van der Waals surface area contributed by atoms with Crippen LogP contribution in [0, 0.1) is 12.8 Å². The summed E-state index contributed by atoms with van der Waals surface area (Å²) in [6.07, 6.45) is -4.34. The summed E-state index contributed by atoms with van der Waals surface area (Å²) in [5, 5.41) is 9.70. The molecule has 1 aliphatic heterocycles. The number of hydrogen-bond donors (Lipinski definition) is 1. The van der Waals surface area contributed by atoms with E-state index in [1.165, 1.54) is 0 Å². The molecule has 1 aliphatic rings. The second-order valence-electron chi connectivity index (χ2n) is 5.34. The van der Waals surface area contributed by atoms with E-state index in [1.54, 1.807) is 25.1 Å². The molecule has 21 heavy (non-hydrogen) atoms. The first kappa shape index (κ1) is 16.1. The topological polar surface area (TPSA) is 40.5 Å². The van der Waals surface area contributed by atoms with Crippen molar-refractivity contribution in [3.63, 3.8) is 0 Å². The number of carboxylic acid groups (broad SMARTS) is 1. The monoisotopic (exact) mass is 321 g/mol. The van der Waals surface area contributed by atoms with Gasteiger partial charge in [0.2, 0.25) is 0 Å². The number of halogens is 4. The molecule has 0 aliphatic carbocycles. The van der Waals surface area contributed by atoms with Crippen LogP contribution in [0.4, 0.5) is 13.2 Å². The number of aliphatic carboxylic acids is 1. The van der Waals surface area contributed by atoms with Crippen molar-refractivity contribution in [2.75, 3.05) is 19.6 Å². The van der Waals surface area contributed by atoms with Gasteiger partial charge in [-0.15, -0.1) is 0 Å². The lowest BCUT2D eigenvalue weighted by Gasteiger charge is -2.19. The summed E-state index contributed by atoms with van der Waals surface area (Å²) >= 11 is 6.19. The van der Waals surface area contributed by atoms with Crippen LogP contribution in [0.25, 0.3) is 0 Å². The molecule has 116 valence electrons. The summed E-state index contributed by atoms with van der Waals surface area (Å²) in [5.41, 5.74) is 1.39. The van der Waals surface area contributed by atoms with Crippen LogP contribution in [0.2, 0.25) is 5.02 Å². The summed E-state index contributed by atoms with van der Waals surface area (Å²) in [5.74, 6) is -2.51. The number of likely N-dealkylation sites (tertiary alicyclic amines) is 1. The minimum atomic E-state index is -4.34. The van der Waals surface area contributed by atoms with Gasteiger partial charge >= 0.3 is 12.1 Å². The number of benzene rings is 1. The van der Waals surface area contributed by atoms with Gasteiger partial charge in [-0.05, 0) is 18.1 Å². The fourth-order valence-corrected chi connectivity index (χ4v) is 3.06. The second-order valence-corrected chi connectivity index (χ2v) is 5.72. The lowest BCUT2D eigenvalue weighted by molar-refractivity contribution is -0.147. The van der Waals surface area contributed by atoms with E-state index in [1.807, 2.05) is 0 Å². The summed E-state index contributed by atoms with van der Waals surface area (Å²) in [6, 6.07) is 5.21. The third-order valence-electron chi connectivity index (χ3n) is 3.74. The smallest absolute Gasteiger partial charge is 0.401 e. The largest absolute Gasteiger partial charge is 0.481 e. The Bertz CT molecular complexity index is 548. The zero-order chi connectivity index (χ0) is 15.8. The maximum absolute atomic E-state index is 12.5. The van der Waals surface area contributed by atoms with Crippen molar-refractivity contribution >= 4 is 17.6 Å². The van der Waals surface area contributed by atoms with E-state index in [0.717, 1.165) is 10.5 Å². The van der Waals surface area contributed by atoms with Crippen molar-refractivity contribution in [2.24, 2.45) is 5.92 Å². The summed E-state index contributed by atoms with van der Waals surface area (Å²) < 4.78 is 37.5. The van der Waals surface area contributed by atoms with E-state index in [2.05, 4.69) is 0 Å². The molecule has 2 unspecified atom stereocenters. The van der Waals surface area contributed by atoms with E-state index in [9.17, 15) is 23.1 Å². The number of aryl methyl sites for hydroxylation is 1. The van der Waals surface area contributed by atoms with Crippen molar-refractivity contribution in [3.8, 4) is 0 Å². The fraction of sp³-hybridized carbons (Fsp3) is 0.500. The SMILES string of the molecule is Cc1cccc(C2CN(CC(F)(F)F)CC2C(=O)O)c1Cl. The minimum absolute atomic E-state index is 0.0413. The van der Waals surface area contributed by atoms with Gasteiger partial charge in [0.15, 0.2) is 0 Å². The molecule has 0 aromatic heterocycles. The molecular weight excluding hydrogens is 307 g/mol. The number of hydrogen-bond acceptors (Lipinski definition) is 2. The lowest BCUT2D eigenvalue weighted by Crippen LogP contribution is -2.33. The first-order valence-electron chi connectivity index (χ1n) is 6.46. The van der Waals surface area contributed by atoms with E-state index < -0.39 is 30.5 Å². The Morgan fingerprint density at radius 2 is 2.10 bits per heavy atom. The number of alkyl halides is 3. The van der Waals surface area contributed by atoms with Gasteiger partial charge in [0.05, 0.1) is 12.5 Å². The Kier molecular flexibility index (Phi) is 4.49. The molecule has 0 spiro atoms. The number of carbonyl (C=O) groups is 1. The average molecular weight is 322 g/mol. The quantitative estimate of drug-likeness (QED) is 0.928. The van der Waals surface area contributed by atoms with Crippen LogP contribution < -0.4 is 0 Å². The first-order chi connectivity index (χ1) is 9.69. The molecule has 1 N–H and O–H groups in total. The molecule has 0 bridgehead atoms. The van der Waals surface area contributed by atoms with Crippen LogP contribution in [0.5, 0.6) is 0 Å². The van der Waals surface area contributed by atoms with E-state index >= 15 is 0 Å². The lowest BCUT2D eigenvalue weighted by atomic mass is 9.88. The Hall–Kier alpha value is -1.27. The van der Waals surface area contributed by atoms with Gasteiger partial charge in [0.1, 0.15) is 0 Å². The number of carboxylic acids is 1. The normalized spacial score (nSPS) is 23.5. The summed E-state index contributed by atoms with van der Waals surface area (Å²) in [7, 11) is 0. The third-order valence-corrected chi connectivity index (χ3v) is 4.25. The molecule has 1 aromatic rings. The van der Waals surface area contributed by atoms with Gasteiger partial charge in [-0.25, -0.2) is 0 Å². The van der Waals surface area contributed by atoms with Gasteiger partial charge in [0, 0.05) is 24.0 Å². The van der Waals surface area contributed by atoms with Crippen LogP contribution in [-0.4, -0.2) is 41.8 Å². The predicted molar refractivity (Wildman–Crippen MR) is 72.6 cm³/mol. The summed E-state index contributed by atoms with van der Waals surface area (Å²) in [4.78, 5) is 12.5. The van der Waals surface area contributed by atoms with Crippen LogP contribution in [-0.2, 0) is 4.79 Å². The molecule has 7 heteroatoms. The Morgan fingerprint density at radius 1 is 1.43 bits per heavy atom. The number of rotatable bonds is 3. The van der Waals surface area contributed by atoms with Crippen LogP contribution in [0.15, 0.2) is 18.2 Å². The average Bonchev–Trinajstić information content (AvgIpc) is 2.74. The molecule has 0 saturated carbocycles. The van der Waals surface area contributed by atoms with Crippen LogP contribution in [0.1, 0.15) is 17.0 Å². The highest BCUT2D eigenvalue weighted by atomic mass is 35.5. The van der Waals surface area contributed by atoms with Crippen molar-refractivity contribution in [2.45, 2.75) is 19.0 Å². The zero-order valence-corrected chi connectivity index (χ0v) is 12.1. The Labute approximate surface area is 125 Å². The third kappa shape index (κ3) is 3.68. The highest BCUT2D eigenvalue weighted by molar-refractivity contribution is 6.32. The summed E-state index contributed by atoms with van der Waals surface area (Å²) in [6.45, 7) is 0.601. The first-order valence-corrected chi connectivity index (χ1v) is 6.84. The van der Waals surface area contributed by atoms with Crippen LogP contribution >= 0.6 is 11.6 Å². The highest BCUT2D eigenvalue weighted by Gasteiger charge is 2.43. The molecule has 3 nitrogen and oxygen atoms in total. The molecule has 0 radical (unpaired) electrons. The van der Waals surface area contributed by atoms with Gasteiger partial charge in [-0.2, -0.15) is 13.2 Å². The number of nitrogens with zero attached hydrogens (tertiary/aromatic N) is 1. The molecule has 2 atom stereocenters. The predicted octanol–water partition coefficient (Wildman–Crippen LogP) is 3.31. The van der Waals surface area contributed by atoms with Crippen molar-refractivity contribution in [3.05, 3.63) is 34.3 Å². The minimum Gasteiger partial charge on any atom is -0.481 e. The molecular formula is C14H15ClF3NO2. The standard InChI is InChI=1S/C14H15ClF3NO2/c1-8-3-2-4-9(12(8)15)10-5-19(7-14(16,17)18)6-11(10)13(20)21/h2-4,10-11H,5-7H2,1H3,(H,20,21). The van der Waals surface area contributed by atoms with Crippen molar-refractivity contribution in [1.82, 2.24) is 4.90 Å². The Balaban J connectivity index is 2.28. The molecule has 1 aromatic carbocycles. The molecule has 1 heterocycles. The van der Waals surface area contributed by atoms with Crippen LogP contribution in [0.3, 0.4) is 0 Å². The van der Waals surface area contributed by atoms with Gasteiger partial charge < -0.3 is 5.11 Å². The maximum atomic E-state index is 12.5. The molecule has 0 amide bonds. The molecule has 1 saturated heterocycles. The van der Waals surface area contributed by atoms with E-state index in [-0.39, 0.29) is 13.1 Å². The van der Waals surface area contributed by atoms with Gasteiger partial charge in [0.25, 0.3) is 0 Å². The van der Waals surface area contributed by atoms with E-state index in [0.29, 0.717) is 10.6 Å². The Morgan fingerprint density at radius 3 is 2.67 bits per heavy atom. The molecule has 1 fully saturated rings. The van der Waals surface area contributed by atoms with Crippen molar-refractivity contribution < 1.29 is 23.1 Å². The zero-order valence-electron chi connectivity index (χ0n) is 11.3.